The molecule has 0 saturated carbocycles. The van der Waals surface area contributed by atoms with Crippen LogP contribution in [0.25, 0.3) is 0 Å². The molecule has 104 valence electrons. The van der Waals surface area contributed by atoms with Gasteiger partial charge in [0.1, 0.15) is 0 Å². The Labute approximate surface area is 127 Å². The van der Waals surface area contributed by atoms with Gasteiger partial charge in [0.2, 0.25) is 0 Å². The number of aryl methyl sites for hydroxylation is 2. The SMILES string of the molecule is CCc1nn(CC)c(CNC(C)c2cccs2)c1Br. The number of rotatable bonds is 6. The first-order chi connectivity index (χ1) is 9.17. The average Bonchev–Trinajstić information content (AvgIpc) is 3.04. The maximum Gasteiger partial charge on any atom is 0.0767 e. The Hall–Kier alpha value is -0.650. The highest BCUT2D eigenvalue weighted by Gasteiger charge is 2.15. The fraction of sp³-hybridized carbons (Fsp3) is 0.500. The molecule has 19 heavy (non-hydrogen) atoms. The summed E-state index contributed by atoms with van der Waals surface area (Å²) in [5.74, 6) is 0. The van der Waals surface area contributed by atoms with Gasteiger partial charge in [-0.25, -0.2) is 0 Å². The van der Waals surface area contributed by atoms with Crippen LogP contribution in [0.3, 0.4) is 0 Å². The third-order valence-electron chi connectivity index (χ3n) is 3.24. The number of hydrogen-bond acceptors (Lipinski definition) is 3. The van der Waals surface area contributed by atoms with Crippen LogP contribution in [0.5, 0.6) is 0 Å². The fourth-order valence-corrected chi connectivity index (χ4v) is 3.54. The highest BCUT2D eigenvalue weighted by Crippen LogP contribution is 2.24. The number of halogens is 1. The van der Waals surface area contributed by atoms with Gasteiger partial charge in [-0.3, -0.25) is 4.68 Å². The number of hydrogen-bond donors (Lipinski definition) is 1. The summed E-state index contributed by atoms with van der Waals surface area (Å²) in [6, 6.07) is 4.64. The Kier molecular flexibility index (Phi) is 5.19. The van der Waals surface area contributed by atoms with Crippen LogP contribution < -0.4 is 5.32 Å². The van der Waals surface area contributed by atoms with E-state index in [0.717, 1.165) is 29.7 Å². The summed E-state index contributed by atoms with van der Waals surface area (Å²) >= 11 is 5.47. The second-order valence-corrected chi connectivity index (χ2v) is 6.27. The van der Waals surface area contributed by atoms with Crippen molar-refractivity contribution in [2.45, 2.75) is 46.3 Å². The Morgan fingerprint density at radius 2 is 2.26 bits per heavy atom. The molecule has 1 unspecified atom stereocenters. The molecule has 2 aromatic rings. The molecule has 1 N–H and O–H groups in total. The van der Waals surface area contributed by atoms with Gasteiger partial charge in [-0.2, -0.15) is 5.10 Å². The lowest BCUT2D eigenvalue weighted by Gasteiger charge is -2.13. The van der Waals surface area contributed by atoms with Crippen LogP contribution in [0.4, 0.5) is 0 Å². The minimum atomic E-state index is 0.372. The zero-order valence-corrected chi connectivity index (χ0v) is 14.0. The van der Waals surface area contributed by atoms with Crippen molar-refractivity contribution < 1.29 is 0 Å². The van der Waals surface area contributed by atoms with Crippen LogP contribution in [0.15, 0.2) is 22.0 Å². The van der Waals surface area contributed by atoms with Crippen molar-refractivity contribution in [3.8, 4) is 0 Å². The van der Waals surface area contributed by atoms with Gasteiger partial charge in [0, 0.05) is 24.0 Å². The summed E-state index contributed by atoms with van der Waals surface area (Å²) in [6.45, 7) is 8.21. The molecular formula is C14H20BrN3S. The first kappa shape index (κ1) is 14.8. The summed E-state index contributed by atoms with van der Waals surface area (Å²) in [4.78, 5) is 1.37. The summed E-state index contributed by atoms with van der Waals surface area (Å²) in [7, 11) is 0. The van der Waals surface area contributed by atoms with E-state index in [4.69, 9.17) is 0 Å². The van der Waals surface area contributed by atoms with Gasteiger partial charge in [0.25, 0.3) is 0 Å². The Balaban J connectivity index is 2.08. The number of nitrogens with one attached hydrogen (secondary N) is 1. The molecule has 0 bridgehead atoms. The topological polar surface area (TPSA) is 29.9 Å². The maximum atomic E-state index is 4.62. The fourth-order valence-electron chi connectivity index (χ4n) is 2.07. The molecule has 3 nitrogen and oxygen atoms in total. The molecule has 0 saturated heterocycles. The average molecular weight is 342 g/mol. The molecule has 0 aliphatic rings. The smallest absolute Gasteiger partial charge is 0.0767 e. The monoisotopic (exact) mass is 341 g/mol. The third-order valence-corrected chi connectivity index (χ3v) is 5.21. The van der Waals surface area contributed by atoms with Crippen molar-refractivity contribution in [3.05, 3.63) is 38.3 Å². The lowest BCUT2D eigenvalue weighted by atomic mass is 10.2. The van der Waals surface area contributed by atoms with E-state index in [2.05, 4.69) is 69.3 Å². The largest absolute Gasteiger partial charge is 0.304 e. The summed E-state index contributed by atoms with van der Waals surface area (Å²) in [6.07, 6.45) is 0.959. The zero-order chi connectivity index (χ0) is 13.8. The van der Waals surface area contributed by atoms with E-state index in [-0.39, 0.29) is 0 Å². The lowest BCUT2D eigenvalue weighted by molar-refractivity contribution is 0.534. The Bertz CT molecular complexity index is 519. The first-order valence-corrected chi connectivity index (χ1v) is 8.35. The van der Waals surface area contributed by atoms with E-state index in [1.165, 1.54) is 10.6 Å². The minimum absolute atomic E-state index is 0.372. The number of nitrogens with zero attached hydrogens (tertiary/aromatic N) is 2. The van der Waals surface area contributed by atoms with E-state index in [0.29, 0.717) is 6.04 Å². The van der Waals surface area contributed by atoms with Crippen LogP contribution in [0, 0.1) is 0 Å². The lowest BCUT2D eigenvalue weighted by Crippen LogP contribution is -2.19. The second kappa shape index (κ2) is 6.68. The van der Waals surface area contributed by atoms with E-state index in [1.54, 1.807) is 11.3 Å². The molecule has 0 spiro atoms. The molecule has 2 aromatic heterocycles. The normalized spacial score (nSPS) is 12.8. The predicted octanol–water partition coefficient (Wildman–Crippen LogP) is 4.14. The third kappa shape index (κ3) is 3.27. The Morgan fingerprint density at radius 3 is 2.84 bits per heavy atom. The molecule has 0 radical (unpaired) electrons. The van der Waals surface area contributed by atoms with Crippen LogP contribution in [0.1, 0.15) is 43.1 Å². The molecule has 0 fully saturated rings. The van der Waals surface area contributed by atoms with Crippen LogP contribution in [-0.4, -0.2) is 9.78 Å². The molecule has 2 rings (SSSR count). The first-order valence-electron chi connectivity index (χ1n) is 6.68. The van der Waals surface area contributed by atoms with Crippen molar-refractivity contribution in [1.29, 1.82) is 0 Å². The van der Waals surface area contributed by atoms with Crippen molar-refractivity contribution in [2.24, 2.45) is 0 Å². The van der Waals surface area contributed by atoms with Crippen molar-refractivity contribution in [3.63, 3.8) is 0 Å². The highest BCUT2D eigenvalue weighted by atomic mass is 79.9. The van der Waals surface area contributed by atoms with Crippen molar-refractivity contribution in [2.75, 3.05) is 0 Å². The summed E-state index contributed by atoms with van der Waals surface area (Å²) in [5, 5.41) is 10.3. The van der Waals surface area contributed by atoms with Gasteiger partial charge in [-0.05, 0) is 47.6 Å². The van der Waals surface area contributed by atoms with Crippen molar-refractivity contribution >= 4 is 27.3 Å². The van der Waals surface area contributed by atoms with Gasteiger partial charge < -0.3 is 5.32 Å². The van der Waals surface area contributed by atoms with Gasteiger partial charge in [-0.15, -0.1) is 11.3 Å². The van der Waals surface area contributed by atoms with Crippen LogP contribution in [0.2, 0.25) is 0 Å². The molecular weight excluding hydrogens is 322 g/mol. The zero-order valence-electron chi connectivity index (χ0n) is 11.6. The molecule has 5 heteroatoms. The Morgan fingerprint density at radius 1 is 1.47 bits per heavy atom. The predicted molar refractivity (Wildman–Crippen MR) is 84.6 cm³/mol. The maximum absolute atomic E-state index is 4.62. The van der Waals surface area contributed by atoms with E-state index in [1.807, 2.05) is 0 Å². The second-order valence-electron chi connectivity index (χ2n) is 4.49. The highest BCUT2D eigenvalue weighted by molar-refractivity contribution is 9.10. The molecule has 0 amide bonds. The molecule has 1 atom stereocenters. The number of thiophene rings is 1. The van der Waals surface area contributed by atoms with E-state index >= 15 is 0 Å². The molecule has 2 heterocycles. The van der Waals surface area contributed by atoms with Gasteiger partial charge in [0.05, 0.1) is 15.9 Å². The quantitative estimate of drug-likeness (QED) is 0.855. The molecule has 0 aliphatic heterocycles. The van der Waals surface area contributed by atoms with E-state index in [9.17, 15) is 0 Å². The standard InChI is InChI=1S/C14H20BrN3S/c1-4-11-14(15)12(18(5-2)17-11)9-16-10(3)13-7-6-8-19-13/h6-8,10,16H,4-5,9H2,1-3H3. The minimum Gasteiger partial charge on any atom is -0.304 e. The van der Waals surface area contributed by atoms with Gasteiger partial charge >= 0.3 is 0 Å². The summed E-state index contributed by atoms with van der Waals surface area (Å²) in [5.41, 5.74) is 2.38. The van der Waals surface area contributed by atoms with Crippen molar-refractivity contribution in [1.82, 2.24) is 15.1 Å². The van der Waals surface area contributed by atoms with E-state index < -0.39 is 0 Å². The van der Waals surface area contributed by atoms with Crippen LogP contribution >= 0.6 is 27.3 Å². The number of aromatic nitrogens is 2. The molecule has 0 aliphatic carbocycles. The van der Waals surface area contributed by atoms with Crippen LogP contribution in [-0.2, 0) is 19.5 Å². The van der Waals surface area contributed by atoms with Gasteiger partial charge in [-0.1, -0.05) is 13.0 Å². The summed E-state index contributed by atoms with van der Waals surface area (Å²) < 4.78 is 3.24. The van der Waals surface area contributed by atoms with Gasteiger partial charge in [0.15, 0.2) is 0 Å². The molecule has 0 aromatic carbocycles.